The van der Waals surface area contributed by atoms with Gasteiger partial charge in [0.15, 0.2) is 0 Å². The molecule has 1 N–H and O–H groups in total. The molecule has 0 aromatic heterocycles. The van der Waals surface area contributed by atoms with E-state index >= 15 is 0 Å². The van der Waals surface area contributed by atoms with E-state index in [0.29, 0.717) is 12.5 Å². The monoisotopic (exact) mass is 224 g/mol. The van der Waals surface area contributed by atoms with E-state index in [-0.39, 0.29) is 5.41 Å². The van der Waals surface area contributed by atoms with Crippen LogP contribution >= 0.6 is 0 Å². The highest BCUT2D eigenvalue weighted by Crippen LogP contribution is 2.34. The van der Waals surface area contributed by atoms with Crippen LogP contribution in [-0.4, -0.2) is 37.5 Å². The molecular formula is C13H24N2O. The van der Waals surface area contributed by atoms with Crippen LogP contribution in [0.1, 0.15) is 33.1 Å². The number of carbonyl (C=O) groups is 1. The summed E-state index contributed by atoms with van der Waals surface area (Å²) in [5.74, 6) is 0.291. The third-order valence-electron chi connectivity index (χ3n) is 3.54. The molecule has 0 spiro atoms. The molecule has 0 aromatic rings. The Morgan fingerprint density at radius 3 is 2.44 bits per heavy atom. The number of hydrogen-bond donors (Lipinski definition) is 1. The minimum atomic E-state index is -0.130. The predicted molar refractivity (Wildman–Crippen MR) is 67.3 cm³/mol. The summed E-state index contributed by atoms with van der Waals surface area (Å²) in [7, 11) is 1.89. The number of rotatable bonds is 4. The second kappa shape index (κ2) is 5.48. The van der Waals surface area contributed by atoms with Crippen LogP contribution in [0.15, 0.2) is 12.2 Å². The fraction of sp³-hybridized carbons (Fsp3) is 0.769. The number of piperidine rings is 1. The Balaban J connectivity index is 2.71. The van der Waals surface area contributed by atoms with Gasteiger partial charge >= 0.3 is 0 Å². The van der Waals surface area contributed by atoms with Gasteiger partial charge < -0.3 is 10.2 Å². The lowest BCUT2D eigenvalue weighted by atomic mass is 9.75. The molecule has 1 amide bonds. The second-order valence-corrected chi connectivity index (χ2v) is 5.00. The maximum Gasteiger partial charge on any atom is 0.228 e. The molecule has 1 saturated heterocycles. The summed E-state index contributed by atoms with van der Waals surface area (Å²) in [5.41, 5.74) is 0.908. The largest absolute Gasteiger partial charge is 0.341 e. The molecule has 3 heteroatoms. The normalized spacial score (nSPS) is 19.2. The highest BCUT2D eigenvalue weighted by Gasteiger charge is 2.39. The first kappa shape index (κ1) is 13.2. The van der Waals surface area contributed by atoms with E-state index in [1.54, 1.807) is 0 Å². The van der Waals surface area contributed by atoms with E-state index in [1.807, 2.05) is 18.9 Å². The van der Waals surface area contributed by atoms with Crippen molar-refractivity contribution in [1.29, 1.82) is 0 Å². The Kier molecular flexibility index (Phi) is 4.54. The van der Waals surface area contributed by atoms with Crippen molar-refractivity contribution in [1.82, 2.24) is 10.2 Å². The molecule has 0 aromatic carbocycles. The molecule has 0 aliphatic carbocycles. The summed E-state index contributed by atoms with van der Waals surface area (Å²) in [4.78, 5) is 14.3. The van der Waals surface area contributed by atoms with Gasteiger partial charge in [0.2, 0.25) is 5.91 Å². The summed E-state index contributed by atoms with van der Waals surface area (Å²) in [6.07, 6.45) is 2.86. The molecule has 0 unspecified atom stereocenters. The zero-order chi connectivity index (χ0) is 12.2. The average Bonchev–Trinajstić information content (AvgIpc) is 2.28. The second-order valence-electron chi connectivity index (χ2n) is 5.00. The number of nitrogens with zero attached hydrogens (tertiary/aromatic N) is 1. The van der Waals surface area contributed by atoms with Gasteiger partial charge in [0, 0.05) is 13.6 Å². The Morgan fingerprint density at radius 2 is 2.00 bits per heavy atom. The fourth-order valence-electron chi connectivity index (χ4n) is 2.51. The van der Waals surface area contributed by atoms with E-state index in [2.05, 4.69) is 18.8 Å². The highest BCUT2D eigenvalue weighted by atomic mass is 16.2. The van der Waals surface area contributed by atoms with Crippen molar-refractivity contribution in [3.63, 3.8) is 0 Å². The molecule has 3 nitrogen and oxygen atoms in total. The SMILES string of the molecule is C=C(C)CN(C)C(=O)C1(CC)CCNCC1. The van der Waals surface area contributed by atoms with Gasteiger partial charge in [-0.1, -0.05) is 19.1 Å². The van der Waals surface area contributed by atoms with Crippen LogP contribution in [0.5, 0.6) is 0 Å². The van der Waals surface area contributed by atoms with Crippen molar-refractivity contribution in [2.45, 2.75) is 33.1 Å². The van der Waals surface area contributed by atoms with Crippen LogP contribution in [0.3, 0.4) is 0 Å². The van der Waals surface area contributed by atoms with Gasteiger partial charge in [-0.15, -0.1) is 0 Å². The maximum atomic E-state index is 12.4. The molecule has 0 radical (unpaired) electrons. The number of amides is 1. The minimum Gasteiger partial charge on any atom is -0.341 e. The van der Waals surface area contributed by atoms with Crippen LogP contribution in [0.2, 0.25) is 0 Å². The average molecular weight is 224 g/mol. The lowest BCUT2D eigenvalue weighted by Crippen LogP contribution is -2.48. The molecule has 0 bridgehead atoms. The van der Waals surface area contributed by atoms with Crippen molar-refractivity contribution in [2.75, 3.05) is 26.7 Å². The topological polar surface area (TPSA) is 32.3 Å². The number of nitrogens with one attached hydrogen (secondary N) is 1. The Hall–Kier alpha value is -0.830. The van der Waals surface area contributed by atoms with Crippen molar-refractivity contribution >= 4 is 5.91 Å². The lowest BCUT2D eigenvalue weighted by molar-refractivity contribution is -0.142. The van der Waals surface area contributed by atoms with Crippen molar-refractivity contribution < 1.29 is 4.79 Å². The predicted octanol–water partition coefficient (Wildman–Crippen LogP) is 1.80. The fourth-order valence-corrected chi connectivity index (χ4v) is 2.51. The number of carbonyl (C=O) groups excluding carboxylic acids is 1. The molecule has 0 atom stereocenters. The van der Waals surface area contributed by atoms with E-state index in [9.17, 15) is 4.79 Å². The molecular weight excluding hydrogens is 200 g/mol. The van der Waals surface area contributed by atoms with Gasteiger partial charge in [-0.2, -0.15) is 0 Å². The van der Waals surface area contributed by atoms with Crippen LogP contribution < -0.4 is 5.32 Å². The molecule has 16 heavy (non-hydrogen) atoms. The Bertz CT molecular complexity index is 267. The first-order valence-corrected chi connectivity index (χ1v) is 6.12. The molecule has 1 rings (SSSR count). The van der Waals surface area contributed by atoms with Gasteiger partial charge in [-0.3, -0.25) is 4.79 Å². The van der Waals surface area contributed by atoms with Crippen LogP contribution in [0.4, 0.5) is 0 Å². The van der Waals surface area contributed by atoms with E-state index in [1.165, 1.54) is 0 Å². The zero-order valence-corrected chi connectivity index (χ0v) is 10.8. The number of hydrogen-bond acceptors (Lipinski definition) is 2. The molecule has 1 aliphatic heterocycles. The molecule has 0 saturated carbocycles. The summed E-state index contributed by atoms with van der Waals surface area (Å²) in [6, 6.07) is 0. The number of likely N-dealkylation sites (N-methyl/N-ethyl adjacent to an activating group) is 1. The molecule has 1 fully saturated rings. The minimum absolute atomic E-state index is 0.130. The summed E-state index contributed by atoms with van der Waals surface area (Å²) < 4.78 is 0. The summed E-state index contributed by atoms with van der Waals surface area (Å²) in [5, 5.41) is 3.32. The maximum absolute atomic E-state index is 12.4. The quantitative estimate of drug-likeness (QED) is 0.739. The van der Waals surface area contributed by atoms with Crippen LogP contribution in [0, 0.1) is 5.41 Å². The first-order valence-electron chi connectivity index (χ1n) is 6.12. The van der Waals surface area contributed by atoms with Gasteiger partial charge in [-0.05, 0) is 39.3 Å². The van der Waals surface area contributed by atoms with Crippen molar-refractivity contribution in [3.05, 3.63) is 12.2 Å². The van der Waals surface area contributed by atoms with Crippen molar-refractivity contribution in [2.24, 2.45) is 5.41 Å². The third kappa shape index (κ3) is 2.85. The Labute approximate surface area is 98.9 Å². The van der Waals surface area contributed by atoms with E-state index in [4.69, 9.17) is 0 Å². The molecule has 92 valence electrons. The molecule has 1 heterocycles. The van der Waals surface area contributed by atoms with Gasteiger partial charge in [-0.25, -0.2) is 0 Å². The van der Waals surface area contributed by atoms with E-state index < -0.39 is 0 Å². The van der Waals surface area contributed by atoms with Gasteiger partial charge in [0.1, 0.15) is 0 Å². The lowest BCUT2D eigenvalue weighted by Gasteiger charge is -2.38. The standard InChI is InChI=1S/C13H24N2O/c1-5-13(6-8-14-9-7-13)12(16)15(4)10-11(2)3/h14H,2,5-10H2,1,3-4H3. The first-order chi connectivity index (χ1) is 7.52. The van der Waals surface area contributed by atoms with Crippen LogP contribution in [-0.2, 0) is 4.79 Å². The zero-order valence-electron chi connectivity index (χ0n) is 10.8. The van der Waals surface area contributed by atoms with Crippen LogP contribution in [0.25, 0.3) is 0 Å². The third-order valence-corrected chi connectivity index (χ3v) is 3.54. The van der Waals surface area contributed by atoms with Gasteiger partial charge in [0.05, 0.1) is 5.41 Å². The van der Waals surface area contributed by atoms with Crippen molar-refractivity contribution in [3.8, 4) is 0 Å². The van der Waals surface area contributed by atoms with Gasteiger partial charge in [0.25, 0.3) is 0 Å². The highest BCUT2D eigenvalue weighted by molar-refractivity contribution is 5.82. The Morgan fingerprint density at radius 1 is 1.44 bits per heavy atom. The summed E-state index contributed by atoms with van der Waals surface area (Å²) in [6.45, 7) is 10.5. The van der Waals surface area contributed by atoms with E-state index in [0.717, 1.165) is 37.9 Å². The molecule has 1 aliphatic rings. The summed E-state index contributed by atoms with van der Waals surface area (Å²) >= 11 is 0. The smallest absolute Gasteiger partial charge is 0.228 e.